The molecule has 0 aliphatic carbocycles. The van der Waals surface area contributed by atoms with Gasteiger partial charge in [0.25, 0.3) is 0 Å². The highest BCUT2D eigenvalue weighted by Crippen LogP contribution is 2.30. The second-order valence-corrected chi connectivity index (χ2v) is 8.39. The van der Waals surface area contributed by atoms with E-state index in [0.717, 1.165) is 43.5 Å². The van der Waals surface area contributed by atoms with Gasteiger partial charge in [-0.05, 0) is 53.9 Å². The number of ether oxygens (including phenoxy) is 1. The van der Waals surface area contributed by atoms with Crippen LogP contribution < -0.4 is 16.0 Å². The average Bonchev–Trinajstić information content (AvgIpc) is 3.03. The molecule has 0 aliphatic rings. The van der Waals surface area contributed by atoms with Crippen LogP contribution in [0.1, 0.15) is 22.4 Å². The SMILES string of the molecule is Cc1c(CC(=O)NN)c2cc(Br)ccc2n1Cc1cccc(OCc2ccccc2)c1. The van der Waals surface area contributed by atoms with Gasteiger partial charge in [0.2, 0.25) is 5.91 Å². The molecule has 0 atom stereocenters. The molecular formula is C25H24BrN3O2. The lowest BCUT2D eigenvalue weighted by molar-refractivity contribution is -0.120. The molecule has 0 spiro atoms. The number of carbonyl (C=O) groups excluding carboxylic acids is 1. The number of rotatable bonds is 7. The first-order chi connectivity index (χ1) is 15.0. The van der Waals surface area contributed by atoms with Gasteiger partial charge in [-0.1, -0.05) is 58.4 Å². The van der Waals surface area contributed by atoms with Crippen LogP contribution in [0.25, 0.3) is 10.9 Å². The van der Waals surface area contributed by atoms with E-state index in [2.05, 4.69) is 62.3 Å². The van der Waals surface area contributed by atoms with Crippen LogP contribution in [-0.2, 0) is 24.4 Å². The fourth-order valence-electron chi connectivity index (χ4n) is 3.82. The molecule has 3 aromatic carbocycles. The number of nitrogens with one attached hydrogen (secondary N) is 1. The maximum Gasteiger partial charge on any atom is 0.238 e. The monoisotopic (exact) mass is 477 g/mol. The third kappa shape index (κ3) is 4.81. The molecule has 3 N–H and O–H groups in total. The van der Waals surface area contributed by atoms with Gasteiger partial charge in [0.05, 0.1) is 6.42 Å². The fourth-order valence-corrected chi connectivity index (χ4v) is 4.18. The Morgan fingerprint density at radius 1 is 1.03 bits per heavy atom. The lowest BCUT2D eigenvalue weighted by Crippen LogP contribution is -2.31. The summed E-state index contributed by atoms with van der Waals surface area (Å²) in [5.41, 5.74) is 7.61. The molecule has 0 aliphatic heterocycles. The van der Waals surface area contributed by atoms with Crippen molar-refractivity contribution in [3.05, 3.63) is 99.7 Å². The van der Waals surface area contributed by atoms with E-state index in [0.29, 0.717) is 13.2 Å². The minimum Gasteiger partial charge on any atom is -0.489 e. The van der Waals surface area contributed by atoms with Crippen LogP contribution in [0.4, 0.5) is 0 Å². The third-order valence-corrected chi connectivity index (χ3v) is 5.90. The van der Waals surface area contributed by atoms with Crippen molar-refractivity contribution in [1.82, 2.24) is 9.99 Å². The third-order valence-electron chi connectivity index (χ3n) is 5.40. The van der Waals surface area contributed by atoms with E-state index >= 15 is 0 Å². The summed E-state index contributed by atoms with van der Waals surface area (Å²) in [4.78, 5) is 12.0. The Labute approximate surface area is 189 Å². The highest BCUT2D eigenvalue weighted by molar-refractivity contribution is 9.10. The predicted molar refractivity (Wildman–Crippen MR) is 127 cm³/mol. The Bertz CT molecular complexity index is 1220. The maximum absolute atomic E-state index is 12.0. The molecule has 1 aromatic heterocycles. The zero-order valence-corrected chi connectivity index (χ0v) is 18.9. The number of nitrogens with two attached hydrogens (primary N) is 1. The van der Waals surface area contributed by atoms with Gasteiger partial charge in [-0.3, -0.25) is 10.2 Å². The van der Waals surface area contributed by atoms with Gasteiger partial charge in [-0.25, -0.2) is 5.84 Å². The molecule has 0 bridgehead atoms. The van der Waals surface area contributed by atoms with E-state index in [1.54, 1.807) is 0 Å². The summed E-state index contributed by atoms with van der Waals surface area (Å²) in [5.74, 6) is 5.96. The van der Waals surface area contributed by atoms with Gasteiger partial charge in [0, 0.05) is 27.6 Å². The molecule has 4 aromatic rings. The fraction of sp³-hybridized carbons (Fsp3) is 0.160. The molecule has 1 amide bonds. The quantitative estimate of drug-likeness (QED) is 0.226. The van der Waals surface area contributed by atoms with Gasteiger partial charge < -0.3 is 9.30 Å². The summed E-state index contributed by atoms with van der Waals surface area (Å²) in [6.07, 6.45) is 0.239. The minimum absolute atomic E-state index is 0.210. The van der Waals surface area contributed by atoms with E-state index in [1.807, 2.05) is 43.3 Å². The summed E-state index contributed by atoms with van der Waals surface area (Å²) in [5, 5.41) is 1.05. The number of amides is 1. The van der Waals surface area contributed by atoms with Gasteiger partial charge in [0.1, 0.15) is 12.4 Å². The van der Waals surface area contributed by atoms with Crippen molar-refractivity contribution in [1.29, 1.82) is 0 Å². The van der Waals surface area contributed by atoms with Crippen molar-refractivity contribution >= 4 is 32.7 Å². The standard InChI is InChI=1S/C25H24BrN3O2/c1-17-22(14-25(30)28-27)23-13-20(26)10-11-24(23)29(17)15-19-8-5-9-21(12-19)31-16-18-6-3-2-4-7-18/h2-13H,14-16,27H2,1H3,(H,28,30). The van der Waals surface area contributed by atoms with E-state index in [9.17, 15) is 4.79 Å². The molecule has 31 heavy (non-hydrogen) atoms. The molecule has 0 unspecified atom stereocenters. The average molecular weight is 478 g/mol. The Morgan fingerprint density at radius 2 is 1.81 bits per heavy atom. The van der Waals surface area contributed by atoms with Crippen molar-refractivity contribution in [2.24, 2.45) is 5.84 Å². The molecule has 0 fully saturated rings. The minimum atomic E-state index is -0.210. The molecule has 5 nitrogen and oxygen atoms in total. The maximum atomic E-state index is 12.0. The van der Waals surface area contributed by atoms with Crippen LogP contribution in [0.2, 0.25) is 0 Å². The first-order valence-electron chi connectivity index (χ1n) is 10.1. The van der Waals surface area contributed by atoms with Gasteiger partial charge in [-0.2, -0.15) is 0 Å². The Kier molecular flexibility index (Phi) is 6.39. The Balaban J connectivity index is 1.62. The molecule has 0 saturated heterocycles. The number of hydrazine groups is 1. The molecule has 6 heteroatoms. The van der Waals surface area contributed by atoms with Crippen LogP contribution in [0.3, 0.4) is 0 Å². The zero-order chi connectivity index (χ0) is 21.8. The number of hydrogen-bond donors (Lipinski definition) is 2. The normalized spacial score (nSPS) is 10.9. The largest absolute Gasteiger partial charge is 0.489 e. The van der Waals surface area contributed by atoms with Crippen molar-refractivity contribution < 1.29 is 9.53 Å². The number of fused-ring (bicyclic) bond motifs is 1. The van der Waals surface area contributed by atoms with Crippen molar-refractivity contribution in [2.75, 3.05) is 0 Å². The van der Waals surface area contributed by atoms with Crippen LogP contribution in [0, 0.1) is 6.92 Å². The summed E-state index contributed by atoms with van der Waals surface area (Å²) >= 11 is 3.55. The van der Waals surface area contributed by atoms with Crippen molar-refractivity contribution in [3.8, 4) is 5.75 Å². The van der Waals surface area contributed by atoms with E-state index in [4.69, 9.17) is 10.6 Å². The van der Waals surface area contributed by atoms with Gasteiger partial charge in [0.15, 0.2) is 0 Å². The van der Waals surface area contributed by atoms with Crippen LogP contribution in [0.15, 0.2) is 77.3 Å². The second-order valence-electron chi connectivity index (χ2n) is 7.48. The first kappa shape index (κ1) is 21.2. The molecule has 1 heterocycles. The highest BCUT2D eigenvalue weighted by Gasteiger charge is 2.17. The van der Waals surface area contributed by atoms with Crippen molar-refractivity contribution in [3.63, 3.8) is 0 Å². The van der Waals surface area contributed by atoms with Crippen LogP contribution >= 0.6 is 15.9 Å². The Hall–Kier alpha value is -3.09. The number of nitrogens with zero attached hydrogens (tertiary/aromatic N) is 1. The number of benzene rings is 3. The topological polar surface area (TPSA) is 69.3 Å². The number of carbonyl (C=O) groups is 1. The smallest absolute Gasteiger partial charge is 0.238 e. The number of aromatic nitrogens is 1. The van der Waals surface area contributed by atoms with Gasteiger partial charge >= 0.3 is 0 Å². The van der Waals surface area contributed by atoms with E-state index in [1.165, 1.54) is 0 Å². The number of hydrogen-bond acceptors (Lipinski definition) is 3. The Morgan fingerprint density at radius 3 is 2.58 bits per heavy atom. The molecule has 158 valence electrons. The van der Waals surface area contributed by atoms with Crippen molar-refractivity contribution in [2.45, 2.75) is 26.5 Å². The summed E-state index contributed by atoms with van der Waals surface area (Å²) in [7, 11) is 0. The predicted octanol–water partition coefficient (Wildman–Crippen LogP) is 4.87. The molecule has 4 rings (SSSR count). The van der Waals surface area contributed by atoms with E-state index < -0.39 is 0 Å². The molecule has 0 radical (unpaired) electrons. The molecule has 0 saturated carbocycles. The van der Waals surface area contributed by atoms with Crippen LogP contribution in [-0.4, -0.2) is 10.5 Å². The summed E-state index contributed by atoms with van der Waals surface area (Å²) in [6, 6.07) is 24.4. The van der Waals surface area contributed by atoms with Gasteiger partial charge in [-0.15, -0.1) is 0 Å². The second kappa shape index (κ2) is 9.37. The van der Waals surface area contributed by atoms with Crippen LogP contribution in [0.5, 0.6) is 5.75 Å². The number of halogens is 1. The lowest BCUT2D eigenvalue weighted by Gasteiger charge is -2.12. The summed E-state index contributed by atoms with van der Waals surface area (Å²) < 4.78 is 9.20. The highest BCUT2D eigenvalue weighted by atomic mass is 79.9. The zero-order valence-electron chi connectivity index (χ0n) is 17.3. The lowest BCUT2D eigenvalue weighted by atomic mass is 10.1. The first-order valence-corrected chi connectivity index (χ1v) is 10.9. The molecular weight excluding hydrogens is 454 g/mol. The van der Waals surface area contributed by atoms with E-state index in [-0.39, 0.29) is 12.3 Å². The summed E-state index contributed by atoms with van der Waals surface area (Å²) in [6.45, 7) is 3.25.